The van der Waals surface area contributed by atoms with Crippen molar-refractivity contribution in [1.82, 2.24) is 5.32 Å². The quantitative estimate of drug-likeness (QED) is 0.433. The highest BCUT2D eigenvalue weighted by Gasteiger charge is 2.26. The molecule has 0 aliphatic carbocycles. The summed E-state index contributed by atoms with van der Waals surface area (Å²) in [5, 5.41) is 14.3. The Kier molecular flexibility index (Phi) is 6.49. The van der Waals surface area contributed by atoms with E-state index in [1.165, 1.54) is 31.0 Å². The van der Waals surface area contributed by atoms with Crippen LogP contribution in [0.5, 0.6) is 5.75 Å². The third-order valence-corrected chi connectivity index (χ3v) is 5.19. The van der Waals surface area contributed by atoms with Gasteiger partial charge in [0, 0.05) is 12.0 Å². The number of hydrogen-bond donors (Lipinski definition) is 1. The average molecular weight is 388 g/mol. The Hall–Kier alpha value is -2.54. The van der Waals surface area contributed by atoms with Gasteiger partial charge in [-0.1, -0.05) is 43.7 Å². The van der Waals surface area contributed by atoms with Crippen LogP contribution in [0.2, 0.25) is 0 Å². The minimum atomic E-state index is -0.562. The van der Waals surface area contributed by atoms with Crippen molar-refractivity contribution in [3.63, 3.8) is 0 Å². The number of hydrogen-bond acceptors (Lipinski definition) is 5. The van der Waals surface area contributed by atoms with Crippen LogP contribution in [0.1, 0.15) is 35.3 Å². The highest BCUT2D eigenvalue weighted by Crippen LogP contribution is 2.34. The maximum Gasteiger partial charge on any atom is 0.285 e. The van der Waals surface area contributed by atoms with Gasteiger partial charge in [0.05, 0.1) is 23.0 Å². The lowest BCUT2D eigenvalue weighted by molar-refractivity contribution is -0.385. The summed E-state index contributed by atoms with van der Waals surface area (Å²) >= 11 is 1.37. The number of carbonyl (C=O) groups excluding carboxylic acids is 1. The van der Waals surface area contributed by atoms with Gasteiger partial charge in [-0.25, -0.2) is 0 Å². The number of nitrogens with one attached hydrogen (secondary N) is 1. The number of rotatable bonds is 7. The molecule has 0 bridgehead atoms. The van der Waals surface area contributed by atoms with E-state index in [0.717, 1.165) is 11.1 Å². The maximum atomic E-state index is 12.7. The predicted molar refractivity (Wildman–Crippen MR) is 108 cm³/mol. The number of nitro groups is 1. The number of ether oxygens (including phenoxy) is 1. The monoisotopic (exact) mass is 388 g/mol. The molecule has 0 unspecified atom stereocenters. The first-order valence-corrected chi connectivity index (χ1v) is 9.68. The molecule has 0 radical (unpaired) electrons. The largest absolute Gasteiger partial charge is 0.495 e. The van der Waals surface area contributed by atoms with Crippen LogP contribution in [0.15, 0.2) is 41.3 Å². The van der Waals surface area contributed by atoms with E-state index in [4.69, 9.17) is 4.74 Å². The van der Waals surface area contributed by atoms with E-state index < -0.39 is 10.8 Å². The molecule has 0 fully saturated rings. The van der Waals surface area contributed by atoms with Crippen molar-refractivity contribution in [1.29, 1.82) is 0 Å². The molecule has 0 aliphatic heterocycles. The summed E-state index contributed by atoms with van der Waals surface area (Å²) < 4.78 is 5.19. The zero-order valence-electron chi connectivity index (χ0n) is 16.2. The van der Waals surface area contributed by atoms with E-state index in [0.29, 0.717) is 17.2 Å². The molecule has 0 aromatic heterocycles. The molecule has 1 amide bonds. The lowest BCUT2D eigenvalue weighted by Crippen LogP contribution is -2.37. The molecule has 0 aliphatic rings. The van der Waals surface area contributed by atoms with Crippen LogP contribution in [0.4, 0.5) is 5.69 Å². The third kappa shape index (κ3) is 4.80. The van der Waals surface area contributed by atoms with E-state index in [9.17, 15) is 14.9 Å². The zero-order valence-corrected chi connectivity index (χ0v) is 17.0. The van der Waals surface area contributed by atoms with E-state index in [2.05, 4.69) is 11.4 Å². The molecule has 0 atom stereocenters. The number of amides is 1. The van der Waals surface area contributed by atoms with Gasteiger partial charge in [-0.2, -0.15) is 0 Å². The molecular weight excluding hydrogens is 364 g/mol. The Morgan fingerprint density at radius 2 is 2.00 bits per heavy atom. The van der Waals surface area contributed by atoms with Crippen molar-refractivity contribution in [2.24, 2.45) is 0 Å². The SMILES string of the molecule is COc1cc([N+](=O)[O-])c(C(=O)NCC(C)(C)c2cccc(C)c2)cc1SC. The standard InChI is InChI=1S/C20H24N2O4S/c1-13-7-6-8-14(9-13)20(2,3)12-21-19(23)15-10-18(27-5)17(26-4)11-16(15)22(24)25/h6-11H,12H2,1-5H3,(H,21,23). The van der Waals surface area contributed by atoms with Crippen molar-refractivity contribution in [2.75, 3.05) is 19.9 Å². The summed E-state index contributed by atoms with van der Waals surface area (Å²) in [5.74, 6) is -0.0915. The molecule has 2 aromatic carbocycles. The summed E-state index contributed by atoms with van der Waals surface area (Å²) in [7, 11) is 1.45. The second kappa shape index (κ2) is 8.43. The smallest absolute Gasteiger partial charge is 0.285 e. The van der Waals surface area contributed by atoms with Crippen LogP contribution in [0.3, 0.4) is 0 Å². The Labute approximate surface area is 163 Å². The second-order valence-electron chi connectivity index (χ2n) is 6.92. The van der Waals surface area contributed by atoms with Gasteiger partial charge in [0.15, 0.2) is 0 Å². The number of carbonyl (C=O) groups is 1. The minimum Gasteiger partial charge on any atom is -0.495 e. The zero-order chi connectivity index (χ0) is 20.2. The van der Waals surface area contributed by atoms with Gasteiger partial charge in [0.1, 0.15) is 11.3 Å². The van der Waals surface area contributed by atoms with E-state index in [1.54, 1.807) is 0 Å². The summed E-state index contributed by atoms with van der Waals surface area (Å²) in [6.45, 7) is 6.42. The van der Waals surface area contributed by atoms with Gasteiger partial charge < -0.3 is 10.1 Å². The molecule has 0 saturated heterocycles. The first kappa shape index (κ1) is 20.8. The summed E-state index contributed by atoms with van der Waals surface area (Å²) in [6.07, 6.45) is 1.83. The van der Waals surface area contributed by atoms with Crippen molar-refractivity contribution >= 4 is 23.4 Å². The van der Waals surface area contributed by atoms with Crippen molar-refractivity contribution in [2.45, 2.75) is 31.1 Å². The normalized spacial score (nSPS) is 11.1. The predicted octanol–water partition coefficient (Wildman–Crippen LogP) is 4.34. The topological polar surface area (TPSA) is 81.5 Å². The highest BCUT2D eigenvalue weighted by molar-refractivity contribution is 7.98. The lowest BCUT2D eigenvalue weighted by atomic mass is 9.84. The Morgan fingerprint density at radius 3 is 2.56 bits per heavy atom. The lowest BCUT2D eigenvalue weighted by Gasteiger charge is -2.26. The summed E-state index contributed by atoms with van der Waals surface area (Å²) in [6, 6.07) is 10.9. The fourth-order valence-corrected chi connectivity index (χ4v) is 3.34. The number of nitrogens with zero attached hydrogens (tertiary/aromatic N) is 1. The van der Waals surface area contributed by atoms with Crippen molar-refractivity contribution < 1.29 is 14.5 Å². The molecule has 2 rings (SSSR count). The third-order valence-electron chi connectivity index (χ3n) is 4.43. The molecule has 6 nitrogen and oxygen atoms in total. The van der Waals surface area contributed by atoms with Crippen LogP contribution in [-0.4, -0.2) is 30.7 Å². The molecule has 0 saturated carbocycles. The van der Waals surface area contributed by atoms with Crippen molar-refractivity contribution in [3.8, 4) is 5.75 Å². The second-order valence-corrected chi connectivity index (χ2v) is 7.77. The van der Waals surface area contributed by atoms with Crippen LogP contribution >= 0.6 is 11.8 Å². The van der Waals surface area contributed by atoms with Gasteiger partial charge in [-0.3, -0.25) is 14.9 Å². The average Bonchev–Trinajstić information content (AvgIpc) is 2.64. The van der Waals surface area contributed by atoms with E-state index >= 15 is 0 Å². The van der Waals surface area contributed by atoms with Crippen LogP contribution in [0.25, 0.3) is 0 Å². The molecule has 27 heavy (non-hydrogen) atoms. The molecule has 0 heterocycles. The molecule has 1 N–H and O–H groups in total. The number of methoxy groups -OCH3 is 1. The Morgan fingerprint density at radius 1 is 1.30 bits per heavy atom. The molecular formula is C20H24N2O4S. The fourth-order valence-electron chi connectivity index (χ4n) is 2.77. The van der Waals surface area contributed by atoms with Gasteiger partial charge in [0.2, 0.25) is 0 Å². The van der Waals surface area contributed by atoms with Crippen molar-refractivity contribution in [3.05, 3.63) is 63.2 Å². The molecule has 0 spiro atoms. The van der Waals surface area contributed by atoms with Crippen LogP contribution in [0, 0.1) is 17.0 Å². The van der Waals surface area contributed by atoms with Gasteiger partial charge >= 0.3 is 0 Å². The first-order valence-electron chi connectivity index (χ1n) is 8.45. The summed E-state index contributed by atoms with van der Waals surface area (Å²) in [5.41, 5.74) is 1.69. The van der Waals surface area contributed by atoms with Gasteiger partial charge in [0.25, 0.3) is 11.6 Å². The number of thioether (sulfide) groups is 1. The van der Waals surface area contributed by atoms with Crippen LogP contribution < -0.4 is 10.1 Å². The van der Waals surface area contributed by atoms with E-state index in [-0.39, 0.29) is 16.7 Å². The number of aryl methyl sites for hydroxylation is 1. The first-order chi connectivity index (χ1) is 12.7. The number of benzene rings is 2. The highest BCUT2D eigenvalue weighted by atomic mass is 32.2. The molecule has 2 aromatic rings. The maximum absolute atomic E-state index is 12.7. The van der Waals surface area contributed by atoms with Crippen LogP contribution in [-0.2, 0) is 5.41 Å². The van der Waals surface area contributed by atoms with Gasteiger partial charge in [-0.15, -0.1) is 11.8 Å². The molecule has 144 valence electrons. The van der Waals surface area contributed by atoms with E-state index in [1.807, 2.05) is 45.2 Å². The number of nitro benzene ring substituents is 1. The Bertz CT molecular complexity index is 865. The summed E-state index contributed by atoms with van der Waals surface area (Å²) in [4.78, 5) is 24.2. The fraction of sp³-hybridized carbons (Fsp3) is 0.350. The van der Waals surface area contributed by atoms with Gasteiger partial charge in [-0.05, 0) is 24.8 Å². The Balaban J connectivity index is 2.28. The molecule has 7 heteroatoms. The minimum absolute atomic E-state index is 0.0326.